The molecule has 1 aliphatic rings. The molecule has 0 aliphatic carbocycles. The molecule has 31 heavy (non-hydrogen) atoms. The fraction of sp³-hybridized carbons (Fsp3) is 0.333. The quantitative estimate of drug-likeness (QED) is 0.653. The summed E-state index contributed by atoms with van der Waals surface area (Å²) >= 11 is 0. The summed E-state index contributed by atoms with van der Waals surface area (Å²) in [5.41, 5.74) is 1.63. The van der Waals surface area contributed by atoms with Crippen LogP contribution in [0.3, 0.4) is 0 Å². The largest absolute Gasteiger partial charge is 0.449 e. The molecule has 2 amide bonds. The summed E-state index contributed by atoms with van der Waals surface area (Å²) in [5, 5.41) is 3.54. The molecule has 2 aromatic carbocycles. The second-order valence-electron chi connectivity index (χ2n) is 7.79. The molecule has 3 aromatic rings. The standard InChI is InChI=1S/C24H26FN3O3/c1-2-11-27-12-14-28(15-13-27)24(30)23-22(19-5-3-4-6-20(19)31-23)26-21(29)16-17-7-9-18(25)10-8-17/h3-10H,2,11-16H2,1H3,(H,26,29). The minimum absolute atomic E-state index is 0.0725. The van der Waals surface area contributed by atoms with E-state index in [0.717, 1.165) is 26.1 Å². The van der Waals surface area contributed by atoms with Crippen molar-refractivity contribution in [1.29, 1.82) is 0 Å². The Hall–Kier alpha value is -3.19. The van der Waals surface area contributed by atoms with Crippen LogP contribution < -0.4 is 5.32 Å². The van der Waals surface area contributed by atoms with Crippen LogP contribution in [0.1, 0.15) is 29.5 Å². The molecule has 0 atom stereocenters. The van der Waals surface area contributed by atoms with E-state index in [0.29, 0.717) is 35.3 Å². The first-order chi connectivity index (χ1) is 15.0. The van der Waals surface area contributed by atoms with Crippen molar-refractivity contribution in [3.63, 3.8) is 0 Å². The zero-order valence-electron chi connectivity index (χ0n) is 17.6. The number of amides is 2. The van der Waals surface area contributed by atoms with Gasteiger partial charge in [0.05, 0.1) is 6.42 Å². The molecular formula is C24H26FN3O3. The van der Waals surface area contributed by atoms with Crippen LogP contribution in [-0.2, 0) is 11.2 Å². The van der Waals surface area contributed by atoms with Crippen molar-refractivity contribution in [2.24, 2.45) is 0 Å². The Morgan fingerprint density at radius 2 is 1.74 bits per heavy atom. The van der Waals surface area contributed by atoms with Crippen molar-refractivity contribution in [3.05, 3.63) is 65.7 Å². The molecule has 0 unspecified atom stereocenters. The van der Waals surface area contributed by atoms with E-state index in [4.69, 9.17) is 4.42 Å². The predicted octanol–water partition coefficient (Wildman–Crippen LogP) is 3.92. The van der Waals surface area contributed by atoms with Gasteiger partial charge in [0.25, 0.3) is 5.91 Å². The van der Waals surface area contributed by atoms with Crippen LogP contribution in [0.5, 0.6) is 0 Å². The Kier molecular flexibility index (Phi) is 6.32. The van der Waals surface area contributed by atoms with E-state index in [-0.39, 0.29) is 29.8 Å². The molecule has 6 nitrogen and oxygen atoms in total. The molecular weight excluding hydrogens is 397 g/mol. The summed E-state index contributed by atoms with van der Waals surface area (Å²) in [6.45, 7) is 6.07. The summed E-state index contributed by atoms with van der Waals surface area (Å²) in [5.74, 6) is -0.709. The summed E-state index contributed by atoms with van der Waals surface area (Å²) in [4.78, 5) is 30.1. The van der Waals surface area contributed by atoms with E-state index < -0.39 is 0 Å². The molecule has 4 rings (SSSR count). The van der Waals surface area contributed by atoms with Crippen molar-refractivity contribution in [2.45, 2.75) is 19.8 Å². The monoisotopic (exact) mass is 423 g/mol. The molecule has 1 fully saturated rings. The highest BCUT2D eigenvalue weighted by molar-refractivity contribution is 6.11. The number of rotatable bonds is 6. The number of carbonyl (C=O) groups excluding carboxylic acids is 2. The molecule has 162 valence electrons. The second kappa shape index (κ2) is 9.31. The van der Waals surface area contributed by atoms with Crippen LogP contribution in [0.15, 0.2) is 52.9 Å². The van der Waals surface area contributed by atoms with E-state index in [1.165, 1.54) is 12.1 Å². The number of benzene rings is 2. The van der Waals surface area contributed by atoms with Crippen molar-refractivity contribution >= 4 is 28.5 Å². The normalized spacial score (nSPS) is 14.7. The van der Waals surface area contributed by atoms with Gasteiger partial charge >= 0.3 is 0 Å². The first-order valence-corrected chi connectivity index (χ1v) is 10.6. The van der Waals surface area contributed by atoms with Crippen LogP contribution in [-0.4, -0.2) is 54.3 Å². The van der Waals surface area contributed by atoms with Crippen molar-refractivity contribution < 1.29 is 18.4 Å². The van der Waals surface area contributed by atoms with Gasteiger partial charge in [-0.25, -0.2) is 4.39 Å². The van der Waals surface area contributed by atoms with E-state index in [9.17, 15) is 14.0 Å². The lowest BCUT2D eigenvalue weighted by Gasteiger charge is -2.34. The number of para-hydroxylation sites is 1. The van der Waals surface area contributed by atoms with E-state index in [1.807, 2.05) is 18.2 Å². The second-order valence-corrected chi connectivity index (χ2v) is 7.79. The third kappa shape index (κ3) is 4.77. The number of hydrogen-bond acceptors (Lipinski definition) is 4. The predicted molar refractivity (Wildman–Crippen MR) is 118 cm³/mol. The molecule has 0 spiro atoms. The van der Waals surface area contributed by atoms with Gasteiger partial charge in [0.1, 0.15) is 17.1 Å². The number of nitrogens with zero attached hydrogens (tertiary/aromatic N) is 2. The maximum Gasteiger partial charge on any atom is 0.291 e. The van der Waals surface area contributed by atoms with Crippen LogP contribution in [0.25, 0.3) is 11.0 Å². The maximum absolute atomic E-state index is 13.3. The van der Waals surface area contributed by atoms with Crippen molar-refractivity contribution in [3.8, 4) is 0 Å². The van der Waals surface area contributed by atoms with Crippen LogP contribution in [0.2, 0.25) is 0 Å². The van der Waals surface area contributed by atoms with Gasteiger partial charge < -0.3 is 14.6 Å². The molecule has 2 heterocycles. The van der Waals surface area contributed by atoms with Crippen LogP contribution in [0.4, 0.5) is 10.1 Å². The number of anilines is 1. The van der Waals surface area contributed by atoms with Crippen molar-refractivity contribution in [2.75, 3.05) is 38.0 Å². The highest BCUT2D eigenvalue weighted by Crippen LogP contribution is 2.32. The molecule has 1 N–H and O–H groups in total. The van der Waals surface area contributed by atoms with E-state index in [1.54, 1.807) is 23.1 Å². The molecule has 7 heteroatoms. The first-order valence-electron chi connectivity index (χ1n) is 10.6. The Bertz CT molecular complexity index is 1070. The lowest BCUT2D eigenvalue weighted by atomic mass is 10.1. The van der Waals surface area contributed by atoms with Gasteiger partial charge in [0, 0.05) is 31.6 Å². The van der Waals surface area contributed by atoms with Gasteiger partial charge in [-0.3, -0.25) is 14.5 Å². The number of furan rings is 1. The number of carbonyl (C=O) groups is 2. The minimum Gasteiger partial charge on any atom is -0.449 e. The number of halogens is 1. The lowest BCUT2D eigenvalue weighted by Crippen LogP contribution is -2.48. The number of hydrogen-bond donors (Lipinski definition) is 1. The third-order valence-corrected chi connectivity index (χ3v) is 5.53. The third-order valence-electron chi connectivity index (χ3n) is 5.53. The molecule has 0 saturated carbocycles. The summed E-state index contributed by atoms with van der Waals surface area (Å²) in [6, 6.07) is 13.1. The van der Waals surface area contributed by atoms with Crippen molar-refractivity contribution in [1.82, 2.24) is 9.80 Å². The first kappa shape index (κ1) is 21.1. The Morgan fingerprint density at radius 3 is 2.45 bits per heavy atom. The van der Waals surface area contributed by atoms with Gasteiger partial charge in [0.15, 0.2) is 0 Å². The SMILES string of the molecule is CCCN1CCN(C(=O)c2oc3ccccc3c2NC(=O)Cc2ccc(F)cc2)CC1. The van der Waals surface area contributed by atoms with Gasteiger partial charge in [-0.2, -0.15) is 0 Å². The van der Waals surface area contributed by atoms with Crippen LogP contribution in [0, 0.1) is 5.82 Å². The lowest BCUT2D eigenvalue weighted by molar-refractivity contribution is -0.115. The number of fused-ring (bicyclic) bond motifs is 1. The number of piperazine rings is 1. The zero-order valence-corrected chi connectivity index (χ0v) is 17.6. The fourth-order valence-electron chi connectivity index (χ4n) is 3.93. The minimum atomic E-state index is -0.350. The van der Waals surface area contributed by atoms with Gasteiger partial charge in [-0.15, -0.1) is 0 Å². The van der Waals surface area contributed by atoms with E-state index in [2.05, 4.69) is 17.1 Å². The Labute approximate surface area is 180 Å². The summed E-state index contributed by atoms with van der Waals surface area (Å²) in [6.07, 6.45) is 1.16. The molecule has 1 aliphatic heterocycles. The highest BCUT2D eigenvalue weighted by Gasteiger charge is 2.28. The Morgan fingerprint density at radius 1 is 1.03 bits per heavy atom. The van der Waals surface area contributed by atoms with E-state index >= 15 is 0 Å². The molecule has 1 saturated heterocycles. The topological polar surface area (TPSA) is 65.8 Å². The summed E-state index contributed by atoms with van der Waals surface area (Å²) in [7, 11) is 0. The molecule has 1 aromatic heterocycles. The van der Waals surface area contributed by atoms with Gasteiger partial charge in [0.2, 0.25) is 11.7 Å². The zero-order chi connectivity index (χ0) is 21.8. The number of nitrogens with one attached hydrogen (secondary N) is 1. The van der Waals surface area contributed by atoms with Gasteiger partial charge in [-0.1, -0.05) is 31.2 Å². The highest BCUT2D eigenvalue weighted by atomic mass is 19.1. The molecule has 0 bridgehead atoms. The fourth-order valence-corrected chi connectivity index (χ4v) is 3.93. The van der Waals surface area contributed by atoms with Gasteiger partial charge in [-0.05, 0) is 42.8 Å². The Balaban J connectivity index is 1.55. The smallest absolute Gasteiger partial charge is 0.291 e. The average Bonchev–Trinajstić information content (AvgIpc) is 3.14. The van der Waals surface area contributed by atoms with Crippen LogP contribution >= 0.6 is 0 Å². The summed E-state index contributed by atoms with van der Waals surface area (Å²) < 4.78 is 19.0. The molecule has 0 radical (unpaired) electrons. The maximum atomic E-state index is 13.3. The average molecular weight is 423 g/mol.